The first kappa shape index (κ1) is 12.6. The van der Waals surface area contributed by atoms with E-state index in [9.17, 15) is 0 Å². The number of nitrogen functional groups attached to an aromatic ring is 1. The summed E-state index contributed by atoms with van der Waals surface area (Å²) in [7, 11) is 0. The molecule has 6 heteroatoms. The van der Waals surface area contributed by atoms with Gasteiger partial charge in [-0.2, -0.15) is 4.98 Å². The topological polar surface area (TPSA) is 75.9 Å². The summed E-state index contributed by atoms with van der Waals surface area (Å²) in [5, 5.41) is 4.66. The molecule has 0 bridgehead atoms. The lowest BCUT2D eigenvalue weighted by Gasteiger charge is -2.14. The Bertz CT molecular complexity index is 594. The molecule has 4 N–H and O–H groups in total. The number of anilines is 2. The highest BCUT2D eigenvalue weighted by molar-refractivity contribution is 7.18. The lowest BCUT2D eigenvalue weighted by molar-refractivity contribution is 0.602. The van der Waals surface area contributed by atoms with Crippen molar-refractivity contribution in [1.82, 2.24) is 9.97 Å². The van der Waals surface area contributed by atoms with Gasteiger partial charge in [-0.1, -0.05) is 6.92 Å². The molecule has 0 radical (unpaired) electrons. The molecule has 2 heterocycles. The summed E-state index contributed by atoms with van der Waals surface area (Å²) < 4.78 is 0. The Morgan fingerprint density at radius 3 is 2.89 bits per heavy atom. The summed E-state index contributed by atoms with van der Waals surface area (Å²) in [5.41, 5.74) is 2.55. The van der Waals surface area contributed by atoms with Crippen LogP contribution in [0.25, 0.3) is 10.2 Å². The zero-order chi connectivity index (χ0) is 13.4. The van der Waals surface area contributed by atoms with Gasteiger partial charge in [-0.05, 0) is 38.2 Å². The summed E-state index contributed by atoms with van der Waals surface area (Å²) in [5.74, 6) is 7.62. The third kappa shape index (κ3) is 2.50. The van der Waals surface area contributed by atoms with Gasteiger partial charge in [0.15, 0.2) is 0 Å². The fraction of sp³-hybridized carbons (Fsp3) is 0.538. The van der Waals surface area contributed by atoms with E-state index in [2.05, 4.69) is 40.6 Å². The van der Waals surface area contributed by atoms with E-state index in [1.54, 1.807) is 11.3 Å². The van der Waals surface area contributed by atoms with Gasteiger partial charge in [0.2, 0.25) is 5.95 Å². The lowest BCUT2D eigenvalue weighted by atomic mass is 10.1. The van der Waals surface area contributed by atoms with Crippen LogP contribution in [0.15, 0.2) is 6.07 Å². The first-order valence-electron chi connectivity index (χ1n) is 6.67. The summed E-state index contributed by atoms with van der Waals surface area (Å²) in [4.78, 5) is 11.1. The molecule has 19 heavy (non-hydrogen) atoms. The first-order valence-corrected chi connectivity index (χ1v) is 7.48. The Hall–Kier alpha value is -1.40. The zero-order valence-corrected chi connectivity index (χ0v) is 12.0. The normalized spacial score (nSPS) is 22.9. The van der Waals surface area contributed by atoms with Crippen LogP contribution in [-0.4, -0.2) is 16.0 Å². The second-order valence-corrected chi connectivity index (χ2v) is 6.61. The van der Waals surface area contributed by atoms with Crippen LogP contribution in [0.3, 0.4) is 0 Å². The molecular weight excluding hydrogens is 258 g/mol. The Morgan fingerprint density at radius 2 is 2.21 bits per heavy atom. The molecule has 0 spiro atoms. The Kier molecular flexibility index (Phi) is 3.28. The van der Waals surface area contributed by atoms with E-state index in [0.717, 1.165) is 22.0 Å². The molecule has 2 aromatic heterocycles. The molecule has 2 atom stereocenters. The van der Waals surface area contributed by atoms with Crippen molar-refractivity contribution in [1.29, 1.82) is 0 Å². The van der Waals surface area contributed by atoms with Gasteiger partial charge in [0, 0.05) is 10.9 Å². The van der Waals surface area contributed by atoms with Gasteiger partial charge in [-0.15, -0.1) is 11.3 Å². The number of nitrogens with zero attached hydrogens (tertiary/aromatic N) is 2. The number of hydrazine groups is 1. The largest absolute Gasteiger partial charge is 0.367 e. The van der Waals surface area contributed by atoms with Crippen molar-refractivity contribution in [2.75, 3.05) is 10.7 Å². The van der Waals surface area contributed by atoms with Crippen LogP contribution in [0.4, 0.5) is 11.8 Å². The maximum Gasteiger partial charge on any atom is 0.240 e. The molecule has 1 aliphatic rings. The number of rotatable bonds is 3. The third-order valence-corrected chi connectivity index (χ3v) is 4.63. The summed E-state index contributed by atoms with van der Waals surface area (Å²) >= 11 is 1.67. The van der Waals surface area contributed by atoms with E-state index in [1.807, 2.05) is 0 Å². The number of nitrogens with two attached hydrogens (primary N) is 1. The van der Waals surface area contributed by atoms with Crippen LogP contribution in [-0.2, 0) is 0 Å². The van der Waals surface area contributed by atoms with Gasteiger partial charge in [-0.3, -0.25) is 5.43 Å². The molecule has 5 nitrogen and oxygen atoms in total. The highest BCUT2D eigenvalue weighted by atomic mass is 32.1. The number of nitrogens with one attached hydrogen (secondary N) is 2. The van der Waals surface area contributed by atoms with E-state index in [1.165, 1.54) is 24.1 Å². The average Bonchev–Trinajstić information content (AvgIpc) is 2.94. The van der Waals surface area contributed by atoms with Crippen molar-refractivity contribution in [3.8, 4) is 0 Å². The number of hydrogen-bond acceptors (Lipinski definition) is 6. The van der Waals surface area contributed by atoms with Crippen LogP contribution in [0.1, 0.15) is 31.1 Å². The molecule has 0 aromatic carbocycles. The van der Waals surface area contributed by atoms with E-state index in [4.69, 9.17) is 5.84 Å². The minimum Gasteiger partial charge on any atom is -0.367 e. The predicted octanol–water partition coefficient (Wildman–Crippen LogP) is 2.89. The molecule has 0 saturated heterocycles. The van der Waals surface area contributed by atoms with Gasteiger partial charge in [0.1, 0.15) is 10.6 Å². The average molecular weight is 277 g/mol. The maximum absolute atomic E-state index is 5.45. The van der Waals surface area contributed by atoms with Crippen molar-refractivity contribution in [2.24, 2.45) is 11.8 Å². The third-order valence-electron chi connectivity index (χ3n) is 3.68. The monoisotopic (exact) mass is 277 g/mol. The van der Waals surface area contributed by atoms with Gasteiger partial charge in [-0.25, -0.2) is 10.8 Å². The van der Waals surface area contributed by atoms with Crippen molar-refractivity contribution < 1.29 is 0 Å². The maximum atomic E-state index is 5.45. The molecule has 2 aromatic rings. The molecule has 1 aliphatic carbocycles. The van der Waals surface area contributed by atoms with Crippen LogP contribution in [0.2, 0.25) is 0 Å². The van der Waals surface area contributed by atoms with Gasteiger partial charge in [0.05, 0.1) is 5.39 Å². The van der Waals surface area contributed by atoms with Crippen LogP contribution in [0.5, 0.6) is 0 Å². The molecule has 0 aliphatic heterocycles. The highest BCUT2D eigenvalue weighted by Crippen LogP contribution is 2.32. The van der Waals surface area contributed by atoms with E-state index >= 15 is 0 Å². The number of fused-ring (bicyclic) bond motifs is 1. The Morgan fingerprint density at radius 1 is 1.37 bits per heavy atom. The number of aromatic nitrogens is 2. The number of hydrogen-bond donors (Lipinski definition) is 3. The van der Waals surface area contributed by atoms with Crippen molar-refractivity contribution in [3.63, 3.8) is 0 Å². The van der Waals surface area contributed by atoms with Crippen molar-refractivity contribution in [2.45, 2.75) is 39.2 Å². The quantitative estimate of drug-likeness (QED) is 0.594. The van der Waals surface area contributed by atoms with E-state index in [-0.39, 0.29) is 0 Å². The minimum atomic E-state index is 0.475. The molecule has 1 fully saturated rings. The smallest absolute Gasteiger partial charge is 0.240 e. The minimum absolute atomic E-state index is 0.475. The van der Waals surface area contributed by atoms with Gasteiger partial charge < -0.3 is 5.32 Å². The van der Waals surface area contributed by atoms with Crippen molar-refractivity contribution in [3.05, 3.63) is 10.9 Å². The molecule has 102 valence electrons. The molecule has 2 unspecified atom stereocenters. The molecule has 1 saturated carbocycles. The second-order valence-electron chi connectivity index (χ2n) is 5.38. The summed E-state index contributed by atoms with van der Waals surface area (Å²) in [6.07, 6.45) is 3.71. The first-order chi connectivity index (χ1) is 9.15. The standard InChI is InChI=1S/C13H19N5S/c1-7-3-4-9(5-7)15-11-10-6-8(2)19-12(10)17-13(16-11)18-14/h6-7,9H,3-5,14H2,1-2H3,(H2,15,16,17,18). The molecule has 0 amide bonds. The predicted molar refractivity (Wildman–Crippen MR) is 80.4 cm³/mol. The number of aryl methyl sites for hydroxylation is 1. The van der Waals surface area contributed by atoms with Gasteiger partial charge in [0.25, 0.3) is 0 Å². The summed E-state index contributed by atoms with van der Waals surface area (Å²) in [6, 6.07) is 2.65. The number of thiophene rings is 1. The Labute approximate surface area is 116 Å². The van der Waals surface area contributed by atoms with Crippen LogP contribution < -0.4 is 16.6 Å². The highest BCUT2D eigenvalue weighted by Gasteiger charge is 2.22. The fourth-order valence-electron chi connectivity index (χ4n) is 2.75. The summed E-state index contributed by atoms with van der Waals surface area (Å²) in [6.45, 7) is 4.39. The van der Waals surface area contributed by atoms with Crippen LogP contribution in [0, 0.1) is 12.8 Å². The van der Waals surface area contributed by atoms with E-state index < -0.39 is 0 Å². The fourth-order valence-corrected chi connectivity index (χ4v) is 3.63. The van der Waals surface area contributed by atoms with Gasteiger partial charge >= 0.3 is 0 Å². The molecular formula is C13H19N5S. The van der Waals surface area contributed by atoms with Crippen molar-refractivity contribution >= 4 is 33.3 Å². The SMILES string of the molecule is Cc1cc2c(NC3CCC(C)C3)nc(NN)nc2s1. The zero-order valence-electron chi connectivity index (χ0n) is 11.2. The lowest BCUT2D eigenvalue weighted by Crippen LogP contribution is -2.18. The molecule has 3 rings (SSSR count). The second kappa shape index (κ2) is 4.94. The Balaban J connectivity index is 1.96. The van der Waals surface area contributed by atoms with Crippen LogP contribution >= 0.6 is 11.3 Å². The van der Waals surface area contributed by atoms with E-state index in [0.29, 0.717) is 12.0 Å².